The number of nitrogens with one attached hydrogen (secondary N) is 1. The van der Waals surface area contributed by atoms with E-state index in [1.807, 2.05) is 11.3 Å². The van der Waals surface area contributed by atoms with Crippen molar-refractivity contribution >= 4 is 41.3 Å². The average Bonchev–Trinajstić information content (AvgIpc) is 3.26. The van der Waals surface area contributed by atoms with Crippen LogP contribution in [0, 0.1) is 0 Å². The molecule has 2 aromatic heterocycles. The summed E-state index contributed by atoms with van der Waals surface area (Å²) >= 11 is 1.81. The molecule has 2 aromatic rings. The first-order chi connectivity index (χ1) is 11.8. The van der Waals surface area contributed by atoms with Gasteiger partial charge in [-0.3, -0.25) is 0 Å². The van der Waals surface area contributed by atoms with Crippen molar-refractivity contribution in [2.75, 3.05) is 20.1 Å². The Morgan fingerprint density at radius 2 is 2.28 bits per heavy atom. The number of hydrogen-bond acceptors (Lipinski definition) is 4. The van der Waals surface area contributed by atoms with Gasteiger partial charge in [0, 0.05) is 38.0 Å². The Morgan fingerprint density at radius 1 is 1.40 bits per heavy atom. The van der Waals surface area contributed by atoms with Gasteiger partial charge in [0.1, 0.15) is 12.4 Å². The molecule has 0 atom stereocenters. The molecule has 0 saturated carbocycles. The Balaban J connectivity index is 0.00000225. The number of aromatic nitrogens is 3. The first-order valence-corrected chi connectivity index (χ1v) is 9.58. The van der Waals surface area contributed by atoms with Gasteiger partial charge in [-0.25, -0.2) is 4.99 Å². The van der Waals surface area contributed by atoms with E-state index in [0.29, 0.717) is 6.54 Å². The van der Waals surface area contributed by atoms with Crippen LogP contribution in [0.15, 0.2) is 22.5 Å². The van der Waals surface area contributed by atoms with Crippen LogP contribution in [0.4, 0.5) is 0 Å². The van der Waals surface area contributed by atoms with Crippen LogP contribution in [-0.2, 0) is 25.9 Å². The molecule has 0 amide bonds. The molecule has 0 bridgehead atoms. The zero-order valence-corrected chi connectivity index (χ0v) is 18.1. The molecule has 6 nitrogen and oxygen atoms in total. The minimum atomic E-state index is 0. The predicted octanol–water partition coefficient (Wildman–Crippen LogP) is 2.93. The molecule has 0 fully saturated rings. The summed E-state index contributed by atoms with van der Waals surface area (Å²) in [4.78, 5) is 8.37. The third-order valence-corrected chi connectivity index (χ3v) is 5.21. The number of fused-ring (bicyclic) bond motifs is 1. The largest absolute Gasteiger partial charge is 0.357 e. The van der Waals surface area contributed by atoms with E-state index in [9.17, 15) is 0 Å². The van der Waals surface area contributed by atoms with Crippen LogP contribution in [0.2, 0.25) is 0 Å². The van der Waals surface area contributed by atoms with Gasteiger partial charge in [-0.05, 0) is 37.6 Å². The minimum Gasteiger partial charge on any atom is -0.357 e. The highest BCUT2D eigenvalue weighted by Crippen LogP contribution is 2.15. The van der Waals surface area contributed by atoms with Crippen LogP contribution in [0.25, 0.3) is 0 Å². The molecule has 0 aliphatic carbocycles. The van der Waals surface area contributed by atoms with Gasteiger partial charge in [0.15, 0.2) is 11.8 Å². The second-order valence-corrected chi connectivity index (χ2v) is 7.09. The maximum absolute atomic E-state index is 4.78. The van der Waals surface area contributed by atoms with Crippen molar-refractivity contribution in [2.45, 2.75) is 45.7 Å². The molecule has 3 heterocycles. The molecule has 0 unspecified atom stereocenters. The van der Waals surface area contributed by atoms with Crippen LogP contribution < -0.4 is 5.32 Å². The van der Waals surface area contributed by atoms with Crippen molar-refractivity contribution in [1.29, 1.82) is 0 Å². The van der Waals surface area contributed by atoms with Crippen molar-refractivity contribution in [2.24, 2.45) is 4.99 Å². The number of likely N-dealkylation sites (N-methyl/N-ethyl adjacent to an activating group) is 1. The molecule has 0 aromatic carbocycles. The number of aryl methyl sites for hydroxylation is 1. The highest BCUT2D eigenvalue weighted by atomic mass is 127. The SMILES string of the molecule is CCNC(=NCc1nnc2n1CCCC2)N(C)CCc1cccs1.I. The third kappa shape index (κ3) is 5.40. The van der Waals surface area contributed by atoms with E-state index < -0.39 is 0 Å². The quantitative estimate of drug-likeness (QED) is 0.398. The molecule has 8 heteroatoms. The predicted molar refractivity (Wildman–Crippen MR) is 114 cm³/mol. The second-order valence-electron chi connectivity index (χ2n) is 6.06. The molecule has 138 valence electrons. The molecular weight excluding hydrogens is 447 g/mol. The number of guanidine groups is 1. The average molecular weight is 474 g/mol. The first kappa shape index (κ1) is 20.2. The number of thiophene rings is 1. The molecule has 25 heavy (non-hydrogen) atoms. The fraction of sp³-hybridized carbons (Fsp3) is 0.588. The van der Waals surface area contributed by atoms with Crippen molar-refractivity contribution in [3.05, 3.63) is 34.0 Å². The van der Waals surface area contributed by atoms with Crippen LogP contribution in [0.5, 0.6) is 0 Å². The summed E-state index contributed by atoms with van der Waals surface area (Å²) in [5.74, 6) is 3.02. The number of rotatable bonds is 6. The molecular formula is C17H27IN6S. The van der Waals surface area contributed by atoms with Gasteiger partial charge in [0.25, 0.3) is 0 Å². The van der Waals surface area contributed by atoms with Crippen molar-refractivity contribution < 1.29 is 0 Å². The summed E-state index contributed by atoms with van der Waals surface area (Å²) in [6.07, 6.45) is 4.51. The van der Waals surface area contributed by atoms with E-state index in [-0.39, 0.29) is 24.0 Å². The fourth-order valence-electron chi connectivity index (χ4n) is 2.94. The Morgan fingerprint density at radius 3 is 3.04 bits per heavy atom. The second kappa shape index (κ2) is 10.1. The van der Waals surface area contributed by atoms with Crippen LogP contribution >= 0.6 is 35.3 Å². The monoisotopic (exact) mass is 474 g/mol. The summed E-state index contributed by atoms with van der Waals surface area (Å²) in [5, 5.41) is 14.1. The minimum absolute atomic E-state index is 0. The molecule has 1 aliphatic rings. The van der Waals surface area contributed by atoms with E-state index in [0.717, 1.165) is 50.1 Å². The van der Waals surface area contributed by atoms with Crippen molar-refractivity contribution in [3.8, 4) is 0 Å². The number of hydrogen-bond donors (Lipinski definition) is 1. The molecule has 3 rings (SSSR count). The Kier molecular flexibility index (Phi) is 8.14. The molecule has 1 aliphatic heterocycles. The first-order valence-electron chi connectivity index (χ1n) is 8.70. The van der Waals surface area contributed by atoms with Crippen LogP contribution in [0.3, 0.4) is 0 Å². The van der Waals surface area contributed by atoms with Gasteiger partial charge >= 0.3 is 0 Å². The third-order valence-electron chi connectivity index (χ3n) is 4.28. The lowest BCUT2D eigenvalue weighted by Gasteiger charge is -2.22. The van der Waals surface area contributed by atoms with Gasteiger partial charge in [0.05, 0.1) is 0 Å². The zero-order chi connectivity index (χ0) is 16.8. The molecule has 0 radical (unpaired) electrons. The highest BCUT2D eigenvalue weighted by molar-refractivity contribution is 14.0. The van der Waals surface area contributed by atoms with Gasteiger partial charge < -0.3 is 14.8 Å². The van der Waals surface area contributed by atoms with Crippen molar-refractivity contribution in [3.63, 3.8) is 0 Å². The summed E-state index contributed by atoms with van der Waals surface area (Å²) < 4.78 is 2.24. The van der Waals surface area contributed by atoms with Crippen LogP contribution in [-0.4, -0.2) is 45.8 Å². The smallest absolute Gasteiger partial charge is 0.194 e. The number of halogens is 1. The van der Waals surface area contributed by atoms with E-state index in [1.165, 1.54) is 17.7 Å². The van der Waals surface area contributed by atoms with Gasteiger partial charge in [-0.2, -0.15) is 0 Å². The maximum Gasteiger partial charge on any atom is 0.194 e. The van der Waals surface area contributed by atoms with E-state index in [4.69, 9.17) is 4.99 Å². The van der Waals surface area contributed by atoms with Crippen molar-refractivity contribution in [1.82, 2.24) is 25.0 Å². The van der Waals surface area contributed by atoms with E-state index in [1.54, 1.807) is 0 Å². The molecule has 1 N–H and O–H groups in total. The van der Waals surface area contributed by atoms with Gasteiger partial charge in [0.2, 0.25) is 0 Å². The standard InChI is InChI=1S/C17H26N6S.HI/c1-3-18-17(22(2)11-9-14-7-6-12-24-14)19-13-16-21-20-15-8-4-5-10-23(15)16;/h6-7,12H,3-5,8-11,13H2,1-2H3,(H,18,19);1H. The zero-order valence-electron chi connectivity index (χ0n) is 14.9. The van der Waals surface area contributed by atoms with Gasteiger partial charge in [-0.1, -0.05) is 6.07 Å². The number of aliphatic imine (C=N–C) groups is 1. The fourth-order valence-corrected chi connectivity index (χ4v) is 3.64. The maximum atomic E-state index is 4.78. The van der Waals surface area contributed by atoms with Crippen LogP contribution in [0.1, 0.15) is 36.3 Å². The summed E-state index contributed by atoms with van der Waals surface area (Å²) in [6, 6.07) is 4.29. The lowest BCUT2D eigenvalue weighted by molar-refractivity contribution is 0.482. The lowest BCUT2D eigenvalue weighted by atomic mass is 10.2. The highest BCUT2D eigenvalue weighted by Gasteiger charge is 2.15. The topological polar surface area (TPSA) is 58.3 Å². The van der Waals surface area contributed by atoms with E-state index >= 15 is 0 Å². The Hall–Kier alpha value is -1.16. The molecule has 0 saturated heterocycles. The lowest BCUT2D eigenvalue weighted by Crippen LogP contribution is -2.40. The Labute approximate surface area is 170 Å². The summed E-state index contributed by atoms with van der Waals surface area (Å²) in [5.41, 5.74) is 0. The van der Waals surface area contributed by atoms with Gasteiger partial charge in [-0.15, -0.1) is 45.5 Å². The summed E-state index contributed by atoms with van der Waals surface area (Å²) in [7, 11) is 2.09. The Bertz CT molecular complexity index is 667. The van der Waals surface area contributed by atoms with E-state index in [2.05, 4.69) is 56.5 Å². The number of nitrogens with zero attached hydrogens (tertiary/aromatic N) is 5. The normalized spacial score (nSPS) is 13.9. The molecule has 0 spiro atoms. The summed E-state index contributed by atoms with van der Waals surface area (Å²) in [6.45, 7) is 5.52.